The maximum atomic E-state index is 10.9. The minimum absolute atomic E-state index is 0.0849. The van der Waals surface area contributed by atoms with Gasteiger partial charge in [-0.3, -0.25) is 4.79 Å². The molecule has 0 atom stereocenters. The average molecular weight is 258 g/mol. The van der Waals surface area contributed by atoms with Gasteiger partial charge in [0.25, 0.3) is 5.91 Å². The second-order valence-corrected chi connectivity index (χ2v) is 3.95. The molecule has 0 aliphatic heterocycles. The number of hydrogen-bond acceptors (Lipinski definition) is 5. The number of nitrogen functional groups attached to an aromatic ring is 1. The van der Waals surface area contributed by atoms with Crippen molar-refractivity contribution < 1.29 is 9.53 Å². The van der Waals surface area contributed by atoms with E-state index in [1.165, 1.54) is 12.1 Å². The number of rotatable bonds is 4. The molecule has 0 aliphatic rings. The van der Waals surface area contributed by atoms with E-state index in [2.05, 4.69) is 10.2 Å². The summed E-state index contributed by atoms with van der Waals surface area (Å²) >= 11 is 0. The first-order valence-electron chi connectivity index (χ1n) is 5.80. The van der Waals surface area contributed by atoms with E-state index < -0.39 is 5.91 Å². The van der Waals surface area contributed by atoms with Gasteiger partial charge in [-0.15, -0.1) is 10.2 Å². The molecule has 0 fully saturated rings. The molecule has 4 N–H and O–H groups in total. The van der Waals surface area contributed by atoms with E-state index >= 15 is 0 Å². The molecule has 1 aromatic carbocycles. The molecule has 1 amide bonds. The fourth-order valence-electron chi connectivity index (χ4n) is 1.53. The summed E-state index contributed by atoms with van der Waals surface area (Å²) in [7, 11) is 0. The normalized spacial score (nSPS) is 10.2. The standard InChI is InChI=1S/C13H14N4O2/c1-2-8-3-5-11(9(14)7-8)19-12-6-4-10(13(15)18)16-17-12/h3-7H,2,14H2,1H3,(H2,15,18). The van der Waals surface area contributed by atoms with Crippen LogP contribution in [-0.4, -0.2) is 16.1 Å². The van der Waals surface area contributed by atoms with Crippen molar-refractivity contribution in [1.82, 2.24) is 10.2 Å². The molecule has 0 radical (unpaired) electrons. The molecule has 98 valence electrons. The van der Waals surface area contributed by atoms with Crippen molar-refractivity contribution in [1.29, 1.82) is 0 Å². The Morgan fingerprint density at radius 3 is 2.58 bits per heavy atom. The number of nitrogens with zero attached hydrogens (tertiary/aromatic N) is 2. The third-order valence-electron chi connectivity index (χ3n) is 2.59. The number of nitrogens with two attached hydrogens (primary N) is 2. The first kappa shape index (κ1) is 12.8. The third kappa shape index (κ3) is 2.98. The second-order valence-electron chi connectivity index (χ2n) is 3.95. The summed E-state index contributed by atoms with van der Waals surface area (Å²) < 4.78 is 5.49. The maximum Gasteiger partial charge on any atom is 0.269 e. The van der Waals surface area contributed by atoms with Crippen LogP contribution in [0, 0.1) is 0 Å². The van der Waals surface area contributed by atoms with Crippen molar-refractivity contribution >= 4 is 11.6 Å². The van der Waals surface area contributed by atoms with Crippen molar-refractivity contribution in [3.05, 3.63) is 41.6 Å². The molecule has 0 saturated carbocycles. The number of anilines is 1. The molecule has 0 bridgehead atoms. The lowest BCUT2D eigenvalue weighted by atomic mass is 10.1. The summed E-state index contributed by atoms with van der Waals surface area (Å²) in [6.45, 7) is 2.04. The van der Waals surface area contributed by atoms with Crippen molar-refractivity contribution in [2.75, 3.05) is 5.73 Å². The molecular formula is C13H14N4O2. The zero-order valence-electron chi connectivity index (χ0n) is 10.5. The van der Waals surface area contributed by atoms with Crippen LogP contribution < -0.4 is 16.2 Å². The van der Waals surface area contributed by atoms with Gasteiger partial charge in [0.2, 0.25) is 5.88 Å². The van der Waals surface area contributed by atoms with Crippen molar-refractivity contribution in [3.63, 3.8) is 0 Å². The molecule has 6 heteroatoms. The molecule has 2 rings (SSSR count). The Balaban J connectivity index is 2.19. The lowest BCUT2D eigenvalue weighted by Crippen LogP contribution is -2.13. The lowest BCUT2D eigenvalue weighted by Gasteiger charge is -2.08. The van der Waals surface area contributed by atoms with E-state index in [0.717, 1.165) is 12.0 Å². The summed E-state index contributed by atoms with van der Waals surface area (Å²) in [5.74, 6) is 0.116. The second kappa shape index (κ2) is 5.34. The highest BCUT2D eigenvalue weighted by Gasteiger charge is 2.07. The Labute approximate surface area is 110 Å². The largest absolute Gasteiger partial charge is 0.435 e. The van der Waals surface area contributed by atoms with E-state index in [9.17, 15) is 4.79 Å². The van der Waals surface area contributed by atoms with E-state index in [4.69, 9.17) is 16.2 Å². The van der Waals surface area contributed by atoms with E-state index in [-0.39, 0.29) is 11.6 Å². The number of aryl methyl sites for hydroxylation is 1. The van der Waals surface area contributed by atoms with Gasteiger partial charge in [0.1, 0.15) is 0 Å². The van der Waals surface area contributed by atoms with Gasteiger partial charge in [-0.05, 0) is 30.2 Å². The van der Waals surface area contributed by atoms with Crippen molar-refractivity contribution in [2.24, 2.45) is 5.73 Å². The Morgan fingerprint density at radius 1 is 1.26 bits per heavy atom. The quantitative estimate of drug-likeness (QED) is 0.809. The van der Waals surface area contributed by atoms with Gasteiger partial charge in [-0.2, -0.15) is 0 Å². The first-order valence-corrected chi connectivity index (χ1v) is 5.80. The molecule has 1 heterocycles. The van der Waals surface area contributed by atoms with Crippen LogP contribution in [0.5, 0.6) is 11.6 Å². The Kier molecular flexibility index (Phi) is 3.61. The molecular weight excluding hydrogens is 244 g/mol. The number of ether oxygens (including phenoxy) is 1. The van der Waals surface area contributed by atoms with Gasteiger partial charge in [-0.1, -0.05) is 13.0 Å². The average Bonchev–Trinajstić information content (AvgIpc) is 2.41. The number of primary amides is 1. The summed E-state index contributed by atoms with van der Waals surface area (Å²) in [5, 5.41) is 7.40. The lowest BCUT2D eigenvalue weighted by molar-refractivity contribution is 0.0994. The number of hydrogen-bond donors (Lipinski definition) is 2. The van der Waals surface area contributed by atoms with Gasteiger partial charge in [-0.25, -0.2) is 0 Å². The van der Waals surface area contributed by atoms with Crippen LogP contribution in [0.4, 0.5) is 5.69 Å². The SMILES string of the molecule is CCc1ccc(Oc2ccc(C(N)=O)nn2)c(N)c1. The molecule has 0 aliphatic carbocycles. The number of carbonyl (C=O) groups excluding carboxylic acids is 1. The molecule has 0 saturated heterocycles. The summed E-state index contributed by atoms with van der Waals surface area (Å²) in [6, 6.07) is 8.51. The predicted molar refractivity (Wildman–Crippen MR) is 70.9 cm³/mol. The maximum absolute atomic E-state index is 10.9. The van der Waals surface area contributed by atoms with E-state index in [1.54, 1.807) is 6.07 Å². The Bertz CT molecular complexity index is 596. The molecule has 19 heavy (non-hydrogen) atoms. The molecule has 2 aromatic rings. The predicted octanol–water partition coefficient (Wildman–Crippen LogP) is 1.51. The van der Waals surface area contributed by atoms with Crippen LogP contribution in [-0.2, 0) is 6.42 Å². The Hall–Kier alpha value is -2.63. The van der Waals surface area contributed by atoms with Gasteiger partial charge in [0.15, 0.2) is 11.4 Å². The number of benzene rings is 1. The molecule has 0 unspecified atom stereocenters. The van der Waals surface area contributed by atoms with Crippen LogP contribution in [0.1, 0.15) is 23.0 Å². The highest BCUT2D eigenvalue weighted by molar-refractivity contribution is 5.90. The number of carbonyl (C=O) groups is 1. The molecule has 6 nitrogen and oxygen atoms in total. The van der Waals surface area contributed by atoms with Crippen LogP contribution in [0.15, 0.2) is 30.3 Å². The minimum Gasteiger partial charge on any atom is -0.435 e. The fourth-order valence-corrected chi connectivity index (χ4v) is 1.53. The molecule has 0 spiro atoms. The van der Waals surface area contributed by atoms with Crippen LogP contribution in [0.25, 0.3) is 0 Å². The zero-order valence-corrected chi connectivity index (χ0v) is 10.5. The highest BCUT2D eigenvalue weighted by atomic mass is 16.5. The minimum atomic E-state index is -0.633. The zero-order chi connectivity index (χ0) is 13.8. The summed E-state index contributed by atoms with van der Waals surface area (Å²) in [5.41, 5.74) is 12.7. The van der Waals surface area contributed by atoms with Crippen LogP contribution in [0.2, 0.25) is 0 Å². The highest BCUT2D eigenvalue weighted by Crippen LogP contribution is 2.26. The summed E-state index contributed by atoms with van der Waals surface area (Å²) in [6.07, 6.45) is 0.900. The number of aromatic nitrogens is 2. The van der Waals surface area contributed by atoms with Gasteiger partial charge in [0.05, 0.1) is 5.69 Å². The Morgan fingerprint density at radius 2 is 2.05 bits per heavy atom. The van der Waals surface area contributed by atoms with Crippen LogP contribution >= 0.6 is 0 Å². The van der Waals surface area contributed by atoms with E-state index in [1.807, 2.05) is 19.1 Å². The first-order chi connectivity index (χ1) is 9.10. The van der Waals surface area contributed by atoms with Gasteiger partial charge < -0.3 is 16.2 Å². The van der Waals surface area contributed by atoms with Crippen LogP contribution in [0.3, 0.4) is 0 Å². The third-order valence-corrected chi connectivity index (χ3v) is 2.59. The van der Waals surface area contributed by atoms with Gasteiger partial charge >= 0.3 is 0 Å². The van der Waals surface area contributed by atoms with Crippen molar-refractivity contribution in [3.8, 4) is 11.6 Å². The topological polar surface area (TPSA) is 104 Å². The molecule has 1 aromatic heterocycles. The smallest absolute Gasteiger partial charge is 0.269 e. The van der Waals surface area contributed by atoms with Gasteiger partial charge in [0, 0.05) is 6.07 Å². The fraction of sp³-hybridized carbons (Fsp3) is 0.154. The number of amides is 1. The summed E-state index contributed by atoms with van der Waals surface area (Å²) in [4.78, 5) is 10.9. The van der Waals surface area contributed by atoms with Crippen molar-refractivity contribution in [2.45, 2.75) is 13.3 Å². The monoisotopic (exact) mass is 258 g/mol. The van der Waals surface area contributed by atoms with E-state index in [0.29, 0.717) is 11.4 Å².